The number of amides is 4. The second-order valence-electron chi connectivity index (χ2n) is 43.8. The maximum atomic E-state index is 15.9. The fourth-order valence-electron chi connectivity index (χ4n) is 22.3. The Morgan fingerprint density at radius 3 is 0.613 bits per heavy atom. The molecule has 0 atom stereocenters. The summed E-state index contributed by atoms with van der Waals surface area (Å²) in [6, 6.07) is 32.8. The van der Waals surface area contributed by atoms with Crippen LogP contribution in [0.25, 0.3) is 43.1 Å². The number of ether oxygens (including phenoxy) is 8. The summed E-state index contributed by atoms with van der Waals surface area (Å²) in [6.07, 6.45) is 79.5. The summed E-state index contributed by atoms with van der Waals surface area (Å²) in [5.41, 5.74) is 4.33. The van der Waals surface area contributed by atoms with Crippen molar-refractivity contribution in [2.24, 2.45) is 0 Å². The summed E-state index contributed by atoms with van der Waals surface area (Å²) >= 11 is 0. The zero-order chi connectivity index (χ0) is 106. The van der Waals surface area contributed by atoms with E-state index in [1.54, 1.807) is 48.5 Å². The van der Waals surface area contributed by atoms with Crippen LogP contribution in [0.4, 0.5) is 11.4 Å². The number of anilines is 2. The van der Waals surface area contributed by atoms with E-state index in [1.165, 1.54) is 279 Å². The number of benzene rings is 9. The number of carbonyl (C=O) groups excluding carboxylic acids is 6. The van der Waals surface area contributed by atoms with E-state index in [2.05, 4.69) is 55.4 Å². The van der Waals surface area contributed by atoms with Gasteiger partial charge in [0.25, 0.3) is 23.6 Å². The molecular weight excluding hydrogens is 1860 g/mol. The largest absolute Gasteiger partial charge is 0.490 e. The molecule has 16 nitrogen and oxygen atoms in total. The van der Waals surface area contributed by atoms with Gasteiger partial charge in [-0.15, -0.1) is 0 Å². The van der Waals surface area contributed by atoms with Gasteiger partial charge in [0, 0.05) is 33.0 Å². The normalized spacial score (nSPS) is 12.5. The topological polar surface area (TPSA) is 183 Å². The van der Waals surface area contributed by atoms with E-state index in [0.29, 0.717) is 143 Å². The average molecular weight is 2060 g/mol. The van der Waals surface area contributed by atoms with E-state index < -0.39 is 35.6 Å². The van der Waals surface area contributed by atoms with Crippen molar-refractivity contribution >= 4 is 90.0 Å². The lowest BCUT2D eigenvalue weighted by atomic mass is 9.82. The van der Waals surface area contributed by atoms with E-state index >= 15 is 28.8 Å². The summed E-state index contributed by atoms with van der Waals surface area (Å²) in [5, 5.41) is 5.71. The van der Waals surface area contributed by atoms with Gasteiger partial charge in [0.05, 0.1) is 62.1 Å². The first kappa shape index (κ1) is 121. The lowest BCUT2D eigenvalue weighted by Gasteiger charge is -2.31. The highest BCUT2D eigenvalue weighted by atomic mass is 16.6. The molecule has 0 aliphatic carbocycles. The molecule has 0 radical (unpaired) electrons. The van der Waals surface area contributed by atoms with Crippen LogP contribution in [0.2, 0.25) is 0 Å². The molecule has 9 aromatic carbocycles. The first-order chi connectivity index (χ1) is 73.8. The highest BCUT2D eigenvalue weighted by molar-refractivity contribution is 6.45. The number of rotatable bonds is 88. The minimum absolute atomic E-state index is 0.268. The zero-order valence-corrected chi connectivity index (χ0v) is 94.7. The molecule has 0 N–H and O–H groups in total. The molecule has 0 aromatic heterocycles. The van der Waals surface area contributed by atoms with Gasteiger partial charge in [-0.25, -0.2) is 19.4 Å². The van der Waals surface area contributed by atoms with Gasteiger partial charge in [-0.05, 0) is 193 Å². The Balaban J connectivity index is 0.889. The lowest BCUT2D eigenvalue weighted by Crippen LogP contribution is -2.41. The monoisotopic (exact) mass is 2060 g/mol. The van der Waals surface area contributed by atoms with Gasteiger partial charge >= 0.3 is 11.9 Å². The summed E-state index contributed by atoms with van der Waals surface area (Å²) in [4.78, 5) is 96.6. The van der Waals surface area contributed by atoms with Gasteiger partial charge in [-0.2, -0.15) is 0 Å². The van der Waals surface area contributed by atoms with Gasteiger partial charge in [-0.3, -0.25) is 19.2 Å². The van der Waals surface area contributed by atoms with Crippen molar-refractivity contribution in [1.29, 1.82) is 0 Å². The van der Waals surface area contributed by atoms with Gasteiger partial charge < -0.3 is 37.9 Å². The quantitative estimate of drug-likeness (QED) is 0.00876. The predicted molar refractivity (Wildman–Crippen MR) is 625 cm³/mol. The molecule has 0 bridgehead atoms. The molecule has 0 spiro atoms. The van der Waals surface area contributed by atoms with E-state index in [-0.39, 0.29) is 22.6 Å². The number of hydrogen-bond donors (Lipinski definition) is 0. The molecule has 11 rings (SSSR count). The Morgan fingerprint density at radius 2 is 0.400 bits per heavy atom. The van der Waals surface area contributed by atoms with E-state index in [0.717, 1.165) is 199 Å². The number of nitrogens with zero attached hydrogens (tertiary/aromatic N) is 2. The molecule has 0 saturated carbocycles. The number of fused-ring (bicyclic) bond motifs is 2. The molecule has 0 saturated heterocycles. The summed E-state index contributed by atoms with van der Waals surface area (Å²) < 4.78 is 53.2. The van der Waals surface area contributed by atoms with E-state index in [9.17, 15) is 0 Å². The molecule has 0 unspecified atom stereocenters. The maximum Gasteiger partial charge on any atom is 0.343 e. The second-order valence-corrected chi connectivity index (χ2v) is 43.8. The van der Waals surface area contributed by atoms with Crippen LogP contribution in [0, 0.1) is 0 Å². The van der Waals surface area contributed by atoms with Crippen LogP contribution in [0.1, 0.15) is 565 Å². The van der Waals surface area contributed by atoms with Crippen molar-refractivity contribution in [2.75, 3.05) is 49.4 Å². The fraction of sp³-hybridized carbons (Fsp3) is 0.627. The van der Waals surface area contributed by atoms with Crippen LogP contribution in [0.5, 0.6) is 46.0 Å². The Bertz CT molecular complexity index is 4940. The second kappa shape index (κ2) is 70.6. The lowest BCUT2D eigenvalue weighted by molar-refractivity contribution is 0.0724. The smallest absolute Gasteiger partial charge is 0.343 e. The third kappa shape index (κ3) is 37.9. The van der Waals surface area contributed by atoms with Gasteiger partial charge in [0.15, 0.2) is 23.0 Å². The molecule has 2 aliphatic heterocycles. The standard InChI is InChI=1S/C134H194N2O14/c1-9-17-25-33-41-43-45-47-49-51-53-61-69-77-103-97-107(149-133(141)105-99-119(143-91-71-63-55-35-27-19-11-3)127(147-95-75-67-59-39-31-23-15-7)120(100-105)144-92-72-64-56-36-28-20-12-4)79-89-117(103)135-129(137)113-85-81-109-111-83-87-115-126-116(88-84-112(124(111)126)110-82-86-114(130(135)138)125(113)123(109)110)132(140)136(131(115)139)118-90-80-108(98-104(118)78-70-62-54-52-50-48-46-44-42-34-26-18-10-2)150-134(142)106-101-121(145-93-73-65-57-37-29-21-13-5)128(148-96-76-68-60-40-32-24-16-8)122(102-106)146-94-74-66-58-38-30-22-14-6/h79-90,97-102H,9-78,91-96H2,1-8H3. The minimum Gasteiger partial charge on any atom is -0.490 e. The van der Waals surface area contributed by atoms with Crippen LogP contribution in [0.3, 0.4) is 0 Å². The third-order valence-corrected chi connectivity index (χ3v) is 31.3. The molecule has 2 heterocycles. The SMILES string of the molecule is CCCCCCCCCCCCCCCc1cc(OC(=O)c2cc(OCCCCCCCCC)c(OCCCCCCCCC)c(OCCCCCCCCC)c2)ccc1N1C(=O)c2ccc3c4ccc5c6c(ccc(c7ccc(c2c37)C1=O)c64)C(=O)N(c1ccc(OC(=O)c2cc(OCCCCCCCCC)c(OCCCCCCCCC)c(OCCCCCCCCC)c2)cc1CCCCCCCCCCCCCCC)C5=O. The average Bonchev–Trinajstić information content (AvgIpc) is 0.685. The van der Waals surface area contributed by atoms with Crippen LogP contribution in [0.15, 0.2) is 109 Å². The highest BCUT2D eigenvalue weighted by Crippen LogP contribution is 2.50. The molecule has 16 heteroatoms. The van der Waals surface area contributed by atoms with Crippen LogP contribution in [-0.2, 0) is 12.8 Å². The predicted octanol–water partition coefficient (Wildman–Crippen LogP) is 39.8. The van der Waals surface area contributed by atoms with Crippen molar-refractivity contribution in [3.63, 3.8) is 0 Å². The first-order valence-electron chi connectivity index (χ1n) is 61.6. The number of esters is 2. The zero-order valence-electron chi connectivity index (χ0n) is 94.7. The van der Waals surface area contributed by atoms with Crippen molar-refractivity contribution in [3.05, 3.63) is 154 Å². The molecule has 824 valence electrons. The maximum absolute atomic E-state index is 15.9. The first-order valence-corrected chi connectivity index (χ1v) is 61.6. The van der Waals surface area contributed by atoms with Crippen molar-refractivity contribution in [1.82, 2.24) is 0 Å². The third-order valence-electron chi connectivity index (χ3n) is 31.3. The molecule has 0 fully saturated rings. The minimum atomic E-state index is -0.593. The molecule has 9 aromatic rings. The number of aryl methyl sites for hydroxylation is 2. The summed E-state index contributed by atoms with van der Waals surface area (Å²) in [6.45, 7) is 20.8. The van der Waals surface area contributed by atoms with Gasteiger partial charge in [0.1, 0.15) is 11.5 Å². The Kier molecular flexibility index (Phi) is 56.7. The number of imide groups is 2. The summed E-state index contributed by atoms with van der Waals surface area (Å²) in [7, 11) is 0. The number of hydrogen-bond acceptors (Lipinski definition) is 14. The fourth-order valence-corrected chi connectivity index (χ4v) is 22.3. The Labute approximate surface area is 905 Å². The Hall–Kier alpha value is -9.70. The van der Waals surface area contributed by atoms with Crippen molar-refractivity contribution in [3.8, 4) is 46.0 Å². The van der Waals surface area contributed by atoms with E-state index in [4.69, 9.17) is 37.9 Å². The Morgan fingerprint density at radius 1 is 0.207 bits per heavy atom. The van der Waals surface area contributed by atoms with Crippen molar-refractivity contribution < 1.29 is 66.7 Å². The van der Waals surface area contributed by atoms with E-state index in [1.807, 2.05) is 60.7 Å². The van der Waals surface area contributed by atoms with Crippen LogP contribution < -0.4 is 47.7 Å². The van der Waals surface area contributed by atoms with Gasteiger partial charge in [-0.1, -0.05) is 465 Å². The molecule has 4 amide bonds. The van der Waals surface area contributed by atoms with Gasteiger partial charge in [0.2, 0.25) is 11.5 Å². The number of carbonyl (C=O) groups is 6. The summed E-state index contributed by atoms with van der Waals surface area (Å²) in [5.74, 6) is 0.426. The molecule has 2 aliphatic rings. The van der Waals surface area contributed by atoms with Crippen LogP contribution >= 0.6 is 0 Å². The number of unbranched alkanes of at least 4 members (excludes halogenated alkanes) is 60. The molecule has 150 heavy (non-hydrogen) atoms. The molecular formula is C134H194N2O14. The highest BCUT2D eigenvalue weighted by Gasteiger charge is 2.40. The van der Waals surface area contributed by atoms with Crippen LogP contribution in [-0.4, -0.2) is 75.2 Å². The van der Waals surface area contributed by atoms with Crippen molar-refractivity contribution in [2.45, 2.75) is 505 Å².